The van der Waals surface area contributed by atoms with Gasteiger partial charge in [-0.05, 0) is 48.1 Å². The van der Waals surface area contributed by atoms with Gasteiger partial charge in [0, 0.05) is 18.0 Å². The van der Waals surface area contributed by atoms with Crippen molar-refractivity contribution in [3.8, 4) is 5.00 Å². The number of fused-ring (bicyclic) bond motifs is 1. The third-order valence-electron chi connectivity index (χ3n) is 4.07. The number of hydrogen-bond acceptors (Lipinski definition) is 5. The van der Waals surface area contributed by atoms with Crippen LogP contribution in [0.1, 0.15) is 40.1 Å². The molecule has 1 saturated heterocycles. The molecule has 1 amide bonds. The van der Waals surface area contributed by atoms with E-state index in [-0.39, 0.29) is 5.91 Å². The molecule has 0 saturated carbocycles. The molecule has 2 aliphatic rings. The molecule has 6 nitrogen and oxygen atoms in total. The Hall–Kier alpha value is -1.76. The Kier molecular flexibility index (Phi) is 2.80. The van der Waals surface area contributed by atoms with E-state index in [1.165, 1.54) is 10.4 Å². The fourth-order valence-electron chi connectivity index (χ4n) is 3.10. The van der Waals surface area contributed by atoms with Crippen LogP contribution in [0.25, 0.3) is 5.00 Å². The molecular formula is C13H15N5OS. The molecule has 7 heteroatoms. The molecule has 2 aromatic heterocycles. The number of rotatable bonds is 2. The van der Waals surface area contributed by atoms with E-state index in [0.717, 1.165) is 55.8 Å². The van der Waals surface area contributed by atoms with Gasteiger partial charge in [-0.1, -0.05) is 0 Å². The van der Waals surface area contributed by atoms with Crippen LogP contribution in [0.15, 0.2) is 6.33 Å². The Balaban J connectivity index is 1.82. The van der Waals surface area contributed by atoms with Gasteiger partial charge in [-0.3, -0.25) is 4.79 Å². The minimum absolute atomic E-state index is 0.160. The molecule has 2 aromatic rings. The van der Waals surface area contributed by atoms with Gasteiger partial charge in [0.2, 0.25) is 0 Å². The van der Waals surface area contributed by atoms with Gasteiger partial charge < -0.3 is 4.90 Å². The van der Waals surface area contributed by atoms with E-state index in [0.29, 0.717) is 0 Å². The number of carbonyl (C=O) groups excluding carboxylic acids is 1. The predicted molar refractivity (Wildman–Crippen MR) is 74.2 cm³/mol. The first-order chi connectivity index (χ1) is 9.84. The highest BCUT2D eigenvalue weighted by atomic mass is 32.1. The second-order valence-electron chi connectivity index (χ2n) is 5.29. The molecule has 0 atom stereocenters. The monoisotopic (exact) mass is 289 g/mol. The number of carbonyl (C=O) groups is 1. The number of hydrogen-bond donors (Lipinski definition) is 0. The third kappa shape index (κ3) is 1.76. The van der Waals surface area contributed by atoms with Gasteiger partial charge in [-0.15, -0.1) is 16.4 Å². The van der Waals surface area contributed by atoms with E-state index < -0.39 is 0 Å². The van der Waals surface area contributed by atoms with Crippen molar-refractivity contribution in [2.24, 2.45) is 0 Å². The van der Waals surface area contributed by atoms with Crippen LogP contribution in [0.4, 0.5) is 0 Å². The molecule has 0 unspecified atom stereocenters. The molecule has 104 valence electrons. The topological polar surface area (TPSA) is 63.9 Å². The van der Waals surface area contributed by atoms with Gasteiger partial charge in [-0.25, -0.2) is 0 Å². The fraction of sp³-hybridized carbons (Fsp3) is 0.538. The van der Waals surface area contributed by atoms with Crippen LogP contribution in [0, 0.1) is 0 Å². The number of nitrogens with zero attached hydrogens (tertiary/aromatic N) is 5. The quantitative estimate of drug-likeness (QED) is 0.839. The molecule has 20 heavy (non-hydrogen) atoms. The Morgan fingerprint density at radius 1 is 1.20 bits per heavy atom. The van der Waals surface area contributed by atoms with Crippen molar-refractivity contribution < 1.29 is 4.79 Å². The van der Waals surface area contributed by atoms with Crippen molar-refractivity contribution in [1.29, 1.82) is 0 Å². The molecule has 1 fully saturated rings. The summed E-state index contributed by atoms with van der Waals surface area (Å²) in [6, 6.07) is 0. The van der Waals surface area contributed by atoms with Crippen LogP contribution < -0.4 is 0 Å². The largest absolute Gasteiger partial charge is 0.339 e. The summed E-state index contributed by atoms with van der Waals surface area (Å²) in [6.07, 6.45) is 7.01. The number of amides is 1. The summed E-state index contributed by atoms with van der Waals surface area (Å²) in [4.78, 5) is 16.1. The average molecular weight is 289 g/mol. The lowest BCUT2D eigenvalue weighted by Crippen LogP contribution is -2.28. The molecule has 0 bridgehead atoms. The van der Waals surface area contributed by atoms with E-state index in [1.54, 1.807) is 22.3 Å². The van der Waals surface area contributed by atoms with E-state index in [4.69, 9.17) is 0 Å². The standard InChI is InChI=1S/C13H15N5OS/c19-12(17-6-1-2-7-17)11-9-4-3-5-10(9)20-13(11)18-8-14-15-16-18/h8H,1-7H2. The van der Waals surface area contributed by atoms with Gasteiger partial charge in [-0.2, -0.15) is 4.68 Å². The summed E-state index contributed by atoms with van der Waals surface area (Å²) in [6.45, 7) is 1.75. The minimum atomic E-state index is 0.160. The number of tetrazole rings is 1. The Bertz CT molecular complexity index is 642. The first-order valence-electron chi connectivity index (χ1n) is 7.02. The number of thiophene rings is 1. The number of likely N-dealkylation sites (tertiary alicyclic amines) is 1. The Labute approximate surface area is 120 Å². The van der Waals surface area contributed by atoms with Crippen molar-refractivity contribution in [3.63, 3.8) is 0 Å². The highest BCUT2D eigenvalue weighted by Crippen LogP contribution is 2.38. The molecule has 0 spiro atoms. The summed E-state index contributed by atoms with van der Waals surface area (Å²) >= 11 is 1.67. The maximum absolute atomic E-state index is 12.8. The van der Waals surface area contributed by atoms with Crippen LogP contribution in [-0.4, -0.2) is 44.1 Å². The number of aryl methyl sites for hydroxylation is 1. The average Bonchev–Trinajstić information content (AvgIpc) is 3.20. The van der Waals surface area contributed by atoms with Crippen molar-refractivity contribution >= 4 is 17.2 Å². The molecule has 0 aromatic carbocycles. The zero-order valence-electron chi connectivity index (χ0n) is 11.1. The van der Waals surface area contributed by atoms with Gasteiger partial charge in [0.25, 0.3) is 5.91 Å². The van der Waals surface area contributed by atoms with Crippen molar-refractivity contribution in [2.75, 3.05) is 13.1 Å². The maximum atomic E-state index is 12.8. The van der Waals surface area contributed by atoms with Crippen LogP contribution in [0.2, 0.25) is 0 Å². The van der Waals surface area contributed by atoms with E-state index in [9.17, 15) is 4.79 Å². The SMILES string of the molecule is O=C(c1c(-n2cnnn2)sc2c1CCC2)N1CCCC1. The lowest BCUT2D eigenvalue weighted by atomic mass is 10.1. The first-order valence-corrected chi connectivity index (χ1v) is 7.83. The zero-order chi connectivity index (χ0) is 13.5. The predicted octanol–water partition coefficient (Wildman–Crippen LogP) is 1.45. The van der Waals surface area contributed by atoms with Crippen LogP contribution >= 0.6 is 11.3 Å². The highest BCUT2D eigenvalue weighted by molar-refractivity contribution is 7.15. The van der Waals surface area contributed by atoms with Crippen molar-refractivity contribution in [1.82, 2.24) is 25.1 Å². The summed E-state index contributed by atoms with van der Waals surface area (Å²) in [7, 11) is 0. The second-order valence-corrected chi connectivity index (χ2v) is 6.37. The van der Waals surface area contributed by atoms with Crippen LogP contribution in [0.5, 0.6) is 0 Å². The van der Waals surface area contributed by atoms with E-state index in [1.807, 2.05) is 4.90 Å². The number of aromatic nitrogens is 4. The van der Waals surface area contributed by atoms with Gasteiger partial charge in [0.15, 0.2) is 0 Å². The minimum Gasteiger partial charge on any atom is -0.339 e. The smallest absolute Gasteiger partial charge is 0.257 e. The highest BCUT2D eigenvalue weighted by Gasteiger charge is 2.31. The normalized spacial score (nSPS) is 17.7. The molecule has 3 heterocycles. The molecule has 4 rings (SSSR count). The summed E-state index contributed by atoms with van der Waals surface area (Å²) in [5.41, 5.74) is 2.08. The van der Waals surface area contributed by atoms with Gasteiger partial charge in [0.1, 0.15) is 11.3 Å². The Morgan fingerprint density at radius 3 is 2.80 bits per heavy atom. The van der Waals surface area contributed by atoms with Gasteiger partial charge in [0.05, 0.1) is 5.56 Å². The van der Waals surface area contributed by atoms with Crippen molar-refractivity contribution in [2.45, 2.75) is 32.1 Å². The van der Waals surface area contributed by atoms with E-state index in [2.05, 4.69) is 15.5 Å². The summed E-state index contributed by atoms with van der Waals surface area (Å²) in [5.74, 6) is 0.160. The molecular weight excluding hydrogens is 274 g/mol. The molecule has 1 aliphatic carbocycles. The van der Waals surface area contributed by atoms with Crippen molar-refractivity contribution in [3.05, 3.63) is 22.3 Å². The second kappa shape index (κ2) is 4.66. The fourth-order valence-corrected chi connectivity index (χ4v) is 4.40. The van der Waals surface area contributed by atoms with Crippen LogP contribution in [-0.2, 0) is 12.8 Å². The molecule has 0 radical (unpaired) electrons. The van der Waals surface area contributed by atoms with Crippen LogP contribution in [0.3, 0.4) is 0 Å². The molecule has 1 aliphatic heterocycles. The lowest BCUT2D eigenvalue weighted by molar-refractivity contribution is 0.0792. The first kappa shape index (κ1) is 12.0. The molecule has 0 N–H and O–H groups in total. The summed E-state index contributed by atoms with van der Waals surface area (Å²) in [5, 5.41) is 12.2. The maximum Gasteiger partial charge on any atom is 0.257 e. The van der Waals surface area contributed by atoms with E-state index >= 15 is 0 Å². The van der Waals surface area contributed by atoms with Gasteiger partial charge >= 0.3 is 0 Å². The zero-order valence-corrected chi connectivity index (χ0v) is 11.9. The Morgan fingerprint density at radius 2 is 2.05 bits per heavy atom. The lowest BCUT2D eigenvalue weighted by Gasteiger charge is -2.16. The summed E-state index contributed by atoms with van der Waals surface area (Å²) < 4.78 is 1.63. The third-order valence-corrected chi connectivity index (χ3v) is 5.35.